The fourth-order valence-electron chi connectivity index (χ4n) is 3.33. The average Bonchev–Trinajstić information content (AvgIpc) is 2.90. The van der Waals surface area contributed by atoms with Crippen LogP contribution in [-0.4, -0.2) is 22.8 Å². The molecular formula is C15H19NO. The van der Waals surface area contributed by atoms with Crippen LogP contribution in [0.2, 0.25) is 0 Å². The molecule has 0 N–H and O–H groups in total. The maximum absolute atomic E-state index is 11.2. The first-order chi connectivity index (χ1) is 8.24. The summed E-state index contributed by atoms with van der Waals surface area (Å²) in [6.45, 7) is 2.68. The van der Waals surface area contributed by atoms with Gasteiger partial charge in [0.15, 0.2) is 5.78 Å². The SMILES string of the molecule is CC(=O)c1ccc(CN2C3CCC2CC3)cc1. The molecule has 0 spiro atoms. The maximum atomic E-state index is 11.2. The van der Waals surface area contributed by atoms with E-state index in [9.17, 15) is 4.79 Å². The van der Waals surface area contributed by atoms with Crippen molar-refractivity contribution in [1.29, 1.82) is 0 Å². The number of hydrogen-bond donors (Lipinski definition) is 0. The van der Waals surface area contributed by atoms with Gasteiger partial charge < -0.3 is 0 Å². The Bertz CT molecular complexity index is 403. The summed E-state index contributed by atoms with van der Waals surface area (Å²) in [6, 6.07) is 9.77. The molecule has 2 bridgehead atoms. The molecule has 0 saturated carbocycles. The normalized spacial score (nSPS) is 27.6. The van der Waals surface area contributed by atoms with E-state index in [1.165, 1.54) is 31.2 Å². The Labute approximate surface area is 103 Å². The number of hydrogen-bond acceptors (Lipinski definition) is 2. The summed E-state index contributed by atoms with van der Waals surface area (Å²) in [7, 11) is 0. The summed E-state index contributed by atoms with van der Waals surface area (Å²) in [5.41, 5.74) is 2.16. The molecular weight excluding hydrogens is 210 g/mol. The summed E-state index contributed by atoms with van der Waals surface area (Å²) in [4.78, 5) is 13.9. The first kappa shape index (κ1) is 11.0. The summed E-state index contributed by atoms with van der Waals surface area (Å²) in [6.07, 6.45) is 5.54. The summed E-state index contributed by atoms with van der Waals surface area (Å²) in [5, 5.41) is 0. The van der Waals surface area contributed by atoms with Gasteiger partial charge in [-0.15, -0.1) is 0 Å². The zero-order chi connectivity index (χ0) is 11.8. The molecule has 1 aromatic rings. The van der Waals surface area contributed by atoms with Crippen LogP contribution in [0.25, 0.3) is 0 Å². The molecule has 0 aromatic heterocycles. The molecule has 0 unspecified atom stereocenters. The van der Waals surface area contributed by atoms with Crippen LogP contribution in [0, 0.1) is 0 Å². The standard InChI is InChI=1S/C15H19NO/c1-11(17)13-4-2-12(3-5-13)10-16-14-6-7-15(16)9-8-14/h2-5,14-15H,6-10H2,1H3. The highest BCUT2D eigenvalue weighted by atomic mass is 16.1. The van der Waals surface area contributed by atoms with Crippen molar-refractivity contribution in [2.24, 2.45) is 0 Å². The third-order valence-electron chi connectivity index (χ3n) is 4.33. The molecule has 0 amide bonds. The summed E-state index contributed by atoms with van der Waals surface area (Å²) >= 11 is 0. The minimum absolute atomic E-state index is 0.151. The van der Waals surface area contributed by atoms with E-state index in [1.54, 1.807) is 6.92 Å². The van der Waals surface area contributed by atoms with Crippen molar-refractivity contribution >= 4 is 5.78 Å². The Kier molecular flexibility index (Phi) is 2.75. The molecule has 2 heteroatoms. The van der Waals surface area contributed by atoms with Crippen molar-refractivity contribution < 1.29 is 4.79 Å². The van der Waals surface area contributed by atoms with E-state index in [2.05, 4.69) is 17.0 Å². The fourth-order valence-corrected chi connectivity index (χ4v) is 3.33. The number of ketones is 1. The van der Waals surface area contributed by atoms with Crippen molar-refractivity contribution in [2.45, 2.75) is 51.2 Å². The molecule has 3 rings (SSSR count). The zero-order valence-electron chi connectivity index (χ0n) is 10.4. The lowest BCUT2D eigenvalue weighted by atomic mass is 10.0. The Morgan fingerprint density at radius 2 is 1.65 bits per heavy atom. The van der Waals surface area contributed by atoms with Crippen LogP contribution >= 0.6 is 0 Å². The third kappa shape index (κ3) is 2.02. The Balaban J connectivity index is 1.71. The van der Waals surface area contributed by atoms with Gasteiger partial charge in [-0.25, -0.2) is 0 Å². The average molecular weight is 229 g/mol. The van der Waals surface area contributed by atoms with Crippen LogP contribution in [0.5, 0.6) is 0 Å². The van der Waals surface area contributed by atoms with Gasteiger partial charge in [0.1, 0.15) is 0 Å². The lowest BCUT2D eigenvalue weighted by Gasteiger charge is -2.21. The van der Waals surface area contributed by atoms with Gasteiger partial charge in [-0.3, -0.25) is 9.69 Å². The number of carbonyl (C=O) groups is 1. The van der Waals surface area contributed by atoms with Crippen molar-refractivity contribution in [3.63, 3.8) is 0 Å². The van der Waals surface area contributed by atoms with E-state index in [-0.39, 0.29) is 5.78 Å². The van der Waals surface area contributed by atoms with Gasteiger partial charge in [0.2, 0.25) is 0 Å². The Morgan fingerprint density at radius 3 is 2.12 bits per heavy atom. The van der Waals surface area contributed by atoms with Gasteiger partial charge in [-0.1, -0.05) is 24.3 Å². The molecule has 2 aliphatic heterocycles. The van der Waals surface area contributed by atoms with Gasteiger partial charge in [-0.2, -0.15) is 0 Å². The molecule has 0 radical (unpaired) electrons. The molecule has 90 valence electrons. The molecule has 2 fully saturated rings. The van der Waals surface area contributed by atoms with Crippen molar-refractivity contribution in [3.05, 3.63) is 35.4 Å². The lowest BCUT2D eigenvalue weighted by molar-refractivity contribution is 0.101. The molecule has 17 heavy (non-hydrogen) atoms. The van der Waals surface area contributed by atoms with Crippen molar-refractivity contribution in [3.8, 4) is 0 Å². The lowest BCUT2D eigenvalue weighted by Crippen LogP contribution is -2.27. The number of Topliss-reactive ketones (excluding diaryl/α,β-unsaturated/α-hetero) is 1. The monoisotopic (exact) mass is 229 g/mol. The second-order valence-corrected chi connectivity index (χ2v) is 5.39. The van der Waals surface area contributed by atoms with Crippen LogP contribution in [0.15, 0.2) is 24.3 Å². The second kappa shape index (κ2) is 4.26. The largest absolute Gasteiger partial charge is 0.295 e. The fraction of sp³-hybridized carbons (Fsp3) is 0.533. The van der Waals surface area contributed by atoms with Crippen LogP contribution < -0.4 is 0 Å². The Hall–Kier alpha value is -1.15. The second-order valence-electron chi connectivity index (χ2n) is 5.39. The van der Waals surface area contributed by atoms with Crippen LogP contribution in [0.4, 0.5) is 0 Å². The number of rotatable bonds is 3. The Morgan fingerprint density at radius 1 is 1.12 bits per heavy atom. The van der Waals surface area contributed by atoms with E-state index in [0.717, 1.165) is 24.2 Å². The van der Waals surface area contributed by atoms with E-state index < -0.39 is 0 Å². The predicted octanol–water partition coefficient (Wildman–Crippen LogP) is 3.02. The topological polar surface area (TPSA) is 20.3 Å². The van der Waals surface area contributed by atoms with Gasteiger partial charge >= 0.3 is 0 Å². The number of nitrogens with zero attached hydrogens (tertiary/aromatic N) is 1. The highest BCUT2D eigenvalue weighted by Gasteiger charge is 2.38. The molecule has 1 aromatic carbocycles. The first-order valence-electron chi connectivity index (χ1n) is 6.59. The molecule has 2 heterocycles. The maximum Gasteiger partial charge on any atom is 0.159 e. The summed E-state index contributed by atoms with van der Waals surface area (Å²) in [5.74, 6) is 0.151. The van der Waals surface area contributed by atoms with E-state index in [0.29, 0.717) is 0 Å². The number of fused-ring (bicyclic) bond motifs is 2. The van der Waals surface area contributed by atoms with Gasteiger partial charge in [0, 0.05) is 24.2 Å². The van der Waals surface area contributed by atoms with Crippen molar-refractivity contribution in [1.82, 2.24) is 4.90 Å². The van der Waals surface area contributed by atoms with E-state index in [4.69, 9.17) is 0 Å². The highest BCUT2D eigenvalue weighted by molar-refractivity contribution is 5.93. The smallest absolute Gasteiger partial charge is 0.159 e. The van der Waals surface area contributed by atoms with Crippen LogP contribution in [-0.2, 0) is 6.54 Å². The summed E-state index contributed by atoms with van der Waals surface area (Å²) < 4.78 is 0. The molecule has 2 aliphatic rings. The highest BCUT2D eigenvalue weighted by Crippen LogP contribution is 2.38. The van der Waals surface area contributed by atoms with Crippen LogP contribution in [0.3, 0.4) is 0 Å². The molecule has 0 aliphatic carbocycles. The number of carbonyl (C=O) groups excluding carboxylic acids is 1. The third-order valence-corrected chi connectivity index (χ3v) is 4.33. The minimum Gasteiger partial charge on any atom is -0.295 e. The minimum atomic E-state index is 0.151. The van der Waals surface area contributed by atoms with Crippen molar-refractivity contribution in [2.75, 3.05) is 0 Å². The zero-order valence-corrected chi connectivity index (χ0v) is 10.4. The quantitative estimate of drug-likeness (QED) is 0.743. The molecule has 0 atom stereocenters. The van der Waals surface area contributed by atoms with E-state index >= 15 is 0 Å². The number of benzene rings is 1. The van der Waals surface area contributed by atoms with Gasteiger partial charge in [0.05, 0.1) is 0 Å². The van der Waals surface area contributed by atoms with E-state index in [1.807, 2.05) is 12.1 Å². The van der Waals surface area contributed by atoms with Gasteiger partial charge in [0.25, 0.3) is 0 Å². The molecule has 2 nitrogen and oxygen atoms in total. The van der Waals surface area contributed by atoms with Crippen LogP contribution in [0.1, 0.15) is 48.5 Å². The molecule has 2 saturated heterocycles. The first-order valence-corrected chi connectivity index (χ1v) is 6.59. The predicted molar refractivity (Wildman–Crippen MR) is 68.0 cm³/mol. The van der Waals surface area contributed by atoms with Gasteiger partial charge in [-0.05, 0) is 38.2 Å².